The molecule has 7 nitrogen and oxygen atoms in total. The van der Waals surface area contributed by atoms with Gasteiger partial charge in [0.15, 0.2) is 17.3 Å². The summed E-state index contributed by atoms with van der Waals surface area (Å²) in [6, 6.07) is 12.5. The van der Waals surface area contributed by atoms with Gasteiger partial charge in [0, 0.05) is 29.8 Å². The molecule has 2 aliphatic rings. The number of aromatic nitrogens is 2. The second kappa shape index (κ2) is 9.45. The number of rotatable bonds is 9. The van der Waals surface area contributed by atoms with E-state index < -0.39 is 6.10 Å². The van der Waals surface area contributed by atoms with Crippen LogP contribution in [0.3, 0.4) is 0 Å². The van der Waals surface area contributed by atoms with Crippen molar-refractivity contribution in [2.24, 2.45) is 0 Å². The third-order valence-corrected chi connectivity index (χ3v) is 6.59. The molecule has 1 saturated heterocycles. The van der Waals surface area contributed by atoms with Crippen LogP contribution in [0.25, 0.3) is 11.3 Å². The van der Waals surface area contributed by atoms with Crippen LogP contribution in [0, 0.1) is 0 Å². The minimum atomic E-state index is -0.521. The van der Waals surface area contributed by atoms with Gasteiger partial charge in [-0.15, -0.1) is 0 Å². The maximum Gasteiger partial charge on any atom is 0.161 e. The van der Waals surface area contributed by atoms with E-state index in [1.165, 1.54) is 18.4 Å². The molecule has 1 aliphatic heterocycles. The number of aryl methyl sites for hydroxylation is 1. The first-order valence-electron chi connectivity index (χ1n) is 11.8. The Kier molecular flexibility index (Phi) is 6.24. The Morgan fingerprint density at radius 1 is 1.18 bits per heavy atom. The number of β-amino-alcohol motifs (C(OH)–C–C–N with tert-alkyl or cyclic N) is 1. The van der Waals surface area contributed by atoms with Crippen molar-refractivity contribution in [3.63, 3.8) is 0 Å². The number of hydrogen-bond donors (Lipinski definition) is 3. The number of aliphatic hydroxyl groups excluding tert-OH is 1. The average molecular weight is 449 g/mol. The first-order chi connectivity index (χ1) is 16.1. The largest absolute Gasteiger partial charge is 0.493 e. The molecule has 3 aromatic rings. The smallest absolute Gasteiger partial charge is 0.161 e. The molecule has 0 spiro atoms. The molecule has 3 N–H and O–H groups in total. The molecule has 0 saturated carbocycles. The van der Waals surface area contributed by atoms with Crippen LogP contribution in [0.15, 0.2) is 36.4 Å². The minimum absolute atomic E-state index is 0.249. The second-order valence-electron chi connectivity index (χ2n) is 8.91. The topological polar surface area (TPSA) is 82.6 Å². The monoisotopic (exact) mass is 448 g/mol. The normalized spacial score (nSPS) is 15.8. The minimum Gasteiger partial charge on any atom is -0.493 e. The number of fused-ring (bicyclic) bond motifs is 3. The van der Waals surface area contributed by atoms with Crippen LogP contribution in [-0.4, -0.2) is 59.7 Å². The van der Waals surface area contributed by atoms with Gasteiger partial charge in [-0.05, 0) is 67.7 Å². The van der Waals surface area contributed by atoms with Crippen LogP contribution >= 0.6 is 0 Å². The molecule has 1 atom stereocenters. The average Bonchev–Trinajstić information content (AvgIpc) is 3.55. The number of methoxy groups -OCH3 is 1. The summed E-state index contributed by atoms with van der Waals surface area (Å²) in [7, 11) is 1.64. The lowest BCUT2D eigenvalue weighted by molar-refractivity contribution is 0.0747. The molecule has 1 aromatic heterocycles. The number of aliphatic hydroxyl groups is 1. The first-order valence-corrected chi connectivity index (χ1v) is 11.8. The van der Waals surface area contributed by atoms with E-state index in [2.05, 4.69) is 51.6 Å². The third kappa shape index (κ3) is 4.56. The fourth-order valence-electron chi connectivity index (χ4n) is 4.81. The number of ether oxygens (including phenoxy) is 2. The van der Waals surface area contributed by atoms with Crippen LogP contribution in [0.4, 0.5) is 11.5 Å². The molecule has 1 aliphatic carbocycles. The highest BCUT2D eigenvalue weighted by Gasteiger charge is 2.27. The van der Waals surface area contributed by atoms with Gasteiger partial charge in [-0.3, -0.25) is 5.10 Å². The van der Waals surface area contributed by atoms with Gasteiger partial charge in [-0.2, -0.15) is 5.10 Å². The van der Waals surface area contributed by atoms with Gasteiger partial charge in [0.2, 0.25) is 0 Å². The van der Waals surface area contributed by atoms with Crippen LogP contribution < -0.4 is 14.8 Å². The number of hydrogen-bond acceptors (Lipinski definition) is 6. The van der Waals surface area contributed by atoms with Crippen LogP contribution in [0.1, 0.15) is 36.5 Å². The predicted molar refractivity (Wildman–Crippen MR) is 130 cm³/mol. The Balaban J connectivity index is 1.31. The summed E-state index contributed by atoms with van der Waals surface area (Å²) >= 11 is 0. The highest BCUT2D eigenvalue weighted by molar-refractivity contribution is 5.81. The van der Waals surface area contributed by atoms with Gasteiger partial charge < -0.3 is 24.8 Å². The van der Waals surface area contributed by atoms with Gasteiger partial charge in [-0.25, -0.2) is 0 Å². The number of benzene rings is 2. The molecule has 174 valence electrons. The summed E-state index contributed by atoms with van der Waals surface area (Å²) in [5.74, 6) is 2.17. The molecule has 0 amide bonds. The van der Waals surface area contributed by atoms with E-state index in [0.717, 1.165) is 59.8 Å². The lowest BCUT2D eigenvalue weighted by Gasteiger charge is -2.20. The zero-order chi connectivity index (χ0) is 22.8. The summed E-state index contributed by atoms with van der Waals surface area (Å²) in [4.78, 5) is 2.29. The van der Waals surface area contributed by atoms with E-state index >= 15 is 0 Å². The van der Waals surface area contributed by atoms with Crippen molar-refractivity contribution < 1.29 is 14.6 Å². The zero-order valence-corrected chi connectivity index (χ0v) is 19.4. The van der Waals surface area contributed by atoms with Crippen LogP contribution in [0.5, 0.6) is 11.5 Å². The number of nitrogens with zero attached hydrogens (tertiary/aromatic N) is 2. The Hall–Kier alpha value is -3.03. The fraction of sp³-hybridized carbons (Fsp3) is 0.423. The number of aromatic amines is 1. The summed E-state index contributed by atoms with van der Waals surface area (Å²) < 4.78 is 11.6. The summed E-state index contributed by atoms with van der Waals surface area (Å²) in [6.07, 6.45) is 3.65. The van der Waals surface area contributed by atoms with Crippen molar-refractivity contribution in [2.45, 2.75) is 38.7 Å². The van der Waals surface area contributed by atoms with Gasteiger partial charge >= 0.3 is 0 Å². The van der Waals surface area contributed by atoms with Crippen molar-refractivity contribution in [1.82, 2.24) is 15.1 Å². The molecule has 7 heteroatoms. The van der Waals surface area contributed by atoms with Crippen molar-refractivity contribution in [1.29, 1.82) is 0 Å². The van der Waals surface area contributed by atoms with Gasteiger partial charge in [0.05, 0.1) is 12.8 Å². The number of nitrogens with one attached hydrogen (secondary N) is 2. The molecule has 0 bridgehead atoms. The summed E-state index contributed by atoms with van der Waals surface area (Å²) in [5.41, 5.74) is 6.71. The van der Waals surface area contributed by atoms with E-state index in [1.54, 1.807) is 7.11 Å². The lowest BCUT2D eigenvalue weighted by Crippen LogP contribution is -2.33. The highest BCUT2D eigenvalue weighted by Crippen LogP contribution is 2.44. The lowest BCUT2D eigenvalue weighted by atomic mass is 10.1. The molecule has 1 fully saturated rings. The molecular weight excluding hydrogens is 416 g/mol. The van der Waals surface area contributed by atoms with Gasteiger partial charge in [-0.1, -0.05) is 19.1 Å². The second-order valence-corrected chi connectivity index (χ2v) is 8.91. The van der Waals surface area contributed by atoms with E-state index in [9.17, 15) is 5.11 Å². The highest BCUT2D eigenvalue weighted by atomic mass is 16.5. The maximum absolute atomic E-state index is 10.4. The molecule has 2 heterocycles. The van der Waals surface area contributed by atoms with E-state index in [4.69, 9.17) is 9.47 Å². The maximum atomic E-state index is 10.4. The van der Waals surface area contributed by atoms with Crippen molar-refractivity contribution in [2.75, 3.05) is 38.7 Å². The standard InChI is InChI=1S/C26H32N4O3/c1-3-17-7-6-8-19(11-17)27-26-22-12-18-13-24(23(32-2)14-21(18)25(22)28-29-26)33-16-20(31)15-30-9-4-5-10-30/h6-8,11,13-14,20,31H,3-5,9-10,12,15-16H2,1-2H3,(H2,27,28,29). The van der Waals surface area contributed by atoms with Gasteiger partial charge in [0.1, 0.15) is 12.7 Å². The first kappa shape index (κ1) is 21.8. The van der Waals surface area contributed by atoms with Gasteiger partial charge in [0.25, 0.3) is 0 Å². The van der Waals surface area contributed by atoms with E-state index in [0.29, 0.717) is 18.0 Å². The molecule has 33 heavy (non-hydrogen) atoms. The Bertz CT molecular complexity index is 1120. The molecular formula is C26H32N4O3. The summed E-state index contributed by atoms with van der Waals surface area (Å²) in [6.45, 7) is 5.17. The quantitative estimate of drug-likeness (QED) is 0.357. The van der Waals surface area contributed by atoms with E-state index in [1.807, 2.05) is 12.1 Å². The molecule has 5 rings (SSSR count). The Morgan fingerprint density at radius 2 is 2.03 bits per heavy atom. The predicted octanol–water partition coefficient (Wildman–Crippen LogP) is 4.13. The summed E-state index contributed by atoms with van der Waals surface area (Å²) in [5, 5.41) is 21.6. The van der Waals surface area contributed by atoms with E-state index in [-0.39, 0.29) is 6.61 Å². The number of likely N-dealkylation sites (tertiary alicyclic amines) is 1. The number of anilines is 2. The van der Waals surface area contributed by atoms with Crippen LogP contribution in [0.2, 0.25) is 0 Å². The molecule has 2 aromatic carbocycles. The van der Waals surface area contributed by atoms with Crippen molar-refractivity contribution >= 4 is 11.5 Å². The Morgan fingerprint density at radius 3 is 2.82 bits per heavy atom. The molecule has 0 radical (unpaired) electrons. The fourth-order valence-corrected chi connectivity index (χ4v) is 4.81. The number of H-pyrrole nitrogens is 1. The van der Waals surface area contributed by atoms with Crippen molar-refractivity contribution in [3.05, 3.63) is 53.1 Å². The third-order valence-electron chi connectivity index (χ3n) is 6.59. The Labute approximate surface area is 194 Å². The van der Waals surface area contributed by atoms with Crippen molar-refractivity contribution in [3.8, 4) is 22.8 Å². The molecule has 1 unspecified atom stereocenters. The zero-order valence-electron chi connectivity index (χ0n) is 19.4. The SMILES string of the molecule is CCc1cccc(Nc2n[nH]c3c2Cc2cc(OCC(O)CN4CCCC4)c(OC)cc2-3)c1. The van der Waals surface area contributed by atoms with Crippen LogP contribution in [-0.2, 0) is 12.8 Å².